The van der Waals surface area contributed by atoms with Gasteiger partial charge in [0, 0.05) is 18.1 Å². The maximum Gasteiger partial charge on any atom is 0.376 e. The van der Waals surface area contributed by atoms with E-state index in [4.69, 9.17) is 16.0 Å². The van der Waals surface area contributed by atoms with E-state index in [-0.39, 0.29) is 16.9 Å². The molecule has 0 aliphatic carbocycles. The zero-order valence-electron chi connectivity index (χ0n) is 8.69. The first-order valence-corrected chi connectivity index (χ1v) is 5.01. The minimum atomic E-state index is -0.772. The Morgan fingerprint density at radius 2 is 2.18 bits per heavy atom. The van der Waals surface area contributed by atoms with Crippen molar-refractivity contribution < 1.29 is 9.34 Å². The number of hydrogen-bond acceptors (Lipinski definition) is 5. The van der Waals surface area contributed by atoms with Crippen molar-refractivity contribution in [3.8, 4) is 0 Å². The summed E-state index contributed by atoms with van der Waals surface area (Å²) < 4.78 is 5.23. The van der Waals surface area contributed by atoms with Crippen molar-refractivity contribution >= 4 is 34.1 Å². The molecule has 0 bridgehead atoms. The summed E-state index contributed by atoms with van der Waals surface area (Å²) in [4.78, 5) is 21.9. The van der Waals surface area contributed by atoms with Crippen molar-refractivity contribution in [2.24, 2.45) is 0 Å². The highest BCUT2D eigenvalue weighted by Crippen LogP contribution is 2.26. The van der Waals surface area contributed by atoms with E-state index in [1.54, 1.807) is 0 Å². The molecule has 0 amide bonds. The number of halogens is 1. The van der Waals surface area contributed by atoms with Crippen LogP contribution in [0.4, 0.5) is 11.6 Å². The molecule has 0 aliphatic rings. The molecule has 88 valence electrons. The third-order valence-corrected chi connectivity index (χ3v) is 2.48. The summed E-state index contributed by atoms with van der Waals surface area (Å²) in [6.07, 6.45) is 0. The van der Waals surface area contributed by atoms with Gasteiger partial charge in [0.1, 0.15) is 5.58 Å². The molecule has 1 aromatic heterocycles. The molecular formula is C10H7ClN2O4. The van der Waals surface area contributed by atoms with Crippen LogP contribution in [-0.2, 0) is 0 Å². The van der Waals surface area contributed by atoms with Gasteiger partial charge in [0.05, 0.1) is 10.3 Å². The van der Waals surface area contributed by atoms with Crippen molar-refractivity contribution in [3.05, 3.63) is 43.6 Å². The Morgan fingerprint density at radius 3 is 2.76 bits per heavy atom. The maximum absolute atomic E-state index is 11.9. The maximum atomic E-state index is 11.9. The van der Waals surface area contributed by atoms with E-state index in [1.165, 1.54) is 25.2 Å². The highest BCUT2D eigenvalue weighted by molar-refractivity contribution is 6.31. The number of nitro groups is 1. The first-order chi connectivity index (χ1) is 8.04. The van der Waals surface area contributed by atoms with Gasteiger partial charge in [0.15, 0.2) is 0 Å². The Balaban J connectivity index is 2.93. The molecule has 0 aliphatic heterocycles. The molecule has 0 spiro atoms. The lowest BCUT2D eigenvalue weighted by Gasteiger charge is -2.03. The lowest BCUT2D eigenvalue weighted by molar-refractivity contribution is -0.385. The van der Waals surface area contributed by atoms with Crippen molar-refractivity contribution in [1.82, 2.24) is 0 Å². The van der Waals surface area contributed by atoms with E-state index in [0.29, 0.717) is 5.02 Å². The number of nitrogens with one attached hydrogen (secondary N) is 1. The van der Waals surface area contributed by atoms with Crippen LogP contribution in [0.2, 0.25) is 5.02 Å². The van der Waals surface area contributed by atoms with Crippen molar-refractivity contribution in [1.29, 1.82) is 0 Å². The molecule has 0 saturated heterocycles. The van der Waals surface area contributed by atoms with Crippen LogP contribution in [0.1, 0.15) is 0 Å². The van der Waals surface area contributed by atoms with Crippen LogP contribution in [0.15, 0.2) is 27.4 Å². The molecule has 0 unspecified atom stereocenters. The van der Waals surface area contributed by atoms with Gasteiger partial charge in [-0.05, 0) is 12.1 Å². The first kappa shape index (κ1) is 11.4. The summed E-state index contributed by atoms with van der Waals surface area (Å²) in [6, 6.07) is 4.31. The quantitative estimate of drug-likeness (QED) is 0.657. The van der Waals surface area contributed by atoms with E-state index in [9.17, 15) is 14.9 Å². The molecule has 0 fully saturated rings. The zero-order chi connectivity index (χ0) is 12.6. The molecule has 2 aromatic rings. The number of fused-ring (bicyclic) bond motifs is 1. The van der Waals surface area contributed by atoms with Gasteiger partial charge in [0.25, 0.3) is 11.3 Å². The molecular weight excluding hydrogens is 248 g/mol. The second kappa shape index (κ2) is 4.06. The number of benzene rings is 1. The molecule has 7 heteroatoms. The standard InChI is InChI=1S/C10H7ClN2O4/c1-12-10-8(13(15)16)9(14)6-3-2-5(11)4-7(6)17-10/h2-4,12H,1H3. The molecule has 0 atom stereocenters. The van der Waals surface area contributed by atoms with Crippen LogP contribution in [-0.4, -0.2) is 12.0 Å². The summed E-state index contributed by atoms with van der Waals surface area (Å²) in [7, 11) is 1.43. The third kappa shape index (κ3) is 1.83. The van der Waals surface area contributed by atoms with Crippen LogP contribution >= 0.6 is 11.6 Å². The lowest BCUT2D eigenvalue weighted by atomic mass is 10.2. The van der Waals surface area contributed by atoms with E-state index in [0.717, 1.165) is 0 Å². The fraction of sp³-hybridized carbons (Fsp3) is 0.100. The van der Waals surface area contributed by atoms with Gasteiger partial charge in [-0.2, -0.15) is 0 Å². The fourth-order valence-electron chi connectivity index (χ4n) is 1.49. The van der Waals surface area contributed by atoms with Gasteiger partial charge in [-0.3, -0.25) is 14.9 Å². The minimum absolute atomic E-state index is 0.125. The highest BCUT2D eigenvalue weighted by atomic mass is 35.5. The minimum Gasteiger partial charge on any atom is -0.434 e. The number of nitrogens with zero attached hydrogens (tertiary/aromatic N) is 1. The normalized spacial score (nSPS) is 10.5. The van der Waals surface area contributed by atoms with Crippen molar-refractivity contribution in [2.45, 2.75) is 0 Å². The van der Waals surface area contributed by atoms with Crippen molar-refractivity contribution in [2.75, 3.05) is 12.4 Å². The molecule has 0 radical (unpaired) electrons. The lowest BCUT2D eigenvalue weighted by Crippen LogP contribution is -2.11. The van der Waals surface area contributed by atoms with Crippen LogP contribution in [0.25, 0.3) is 11.0 Å². The molecule has 17 heavy (non-hydrogen) atoms. The van der Waals surface area contributed by atoms with Gasteiger partial charge in [-0.1, -0.05) is 11.6 Å². The molecule has 1 heterocycles. The Bertz CT molecular complexity index is 665. The van der Waals surface area contributed by atoms with E-state index in [1.807, 2.05) is 0 Å². The first-order valence-electron chi connectivity index (χ1n) is 4.63. The van der Waals surface area contributed by atoms with Crippen LogP contribution in [0.5, 0.6) is 0 Å². The number of hydrogen-bond donors (Lipinski definition) is 1. The smallest absolute Gasteiger partial charge is 0.376 e. The Kier molecular flexibility index (Phi) is 2.72. The summed E-state index contributed by atoms with van der Waals surface area (Å²) >= 11 is 5.75. The Morgan fingerprint density at radius 1 is 1.47 bits per heavy atom. The monoisotopic (exact) mass is 254 g/mol. The average Bonchev–Trinajstić information content (AvgIpc) is 2.27. The molecule has 2 rings (SSSR count). The van der Waals surface area contributed by atoms with Gasteiger partial charge >= 0.3 is 5.69 Å². The molecule has 1 aromatic carbocycles. The SMILES string of the molecule is CNc1oc2cc(Cl)ccc2c(=O)c1[N+](=O)[O-]. The summed E-state index contributed by atoms with van der Waals surface area (Å²) in [5, 5.41) is 13.8. The summed E-state index contributed by atoms with van der Waals surface area (Å²) in [6.45, 7) is 0. The predicted molar refractivity (Wildman–Crippen MR) is 63.7 cm³/mol. The van der Waals surface area contributed by atoms with Gasteiger partial charge in [-0.25, -0.2) is 0 Å². The zero-order valence-corrected chi connectivity index (χ0v) is 9.45. The van der Waals surface area contributed by atoms with Gasteiger partial charge in [-0.15, -0.1) is 0 Å². The summed E-state index contributed by atoms with van der Waals surface area (Å²) in [5.74, 6) is -0.185. The average molecular weight is 255 g/mol. The van der Waals surface area contributed by atoms with Crippen LogP contribution < -0.4 is 10.7 Å². The largest absolute Gasteiger partial charge is 0.434 e. The number of rotatable bonds is 2. The Hall–Kier alpha value is -2.08. The second-order valence-corrected chi connectivity index (χ2v) is 3.69. The fourth-order valence-corrected chi connectivity index (χ4v) is 1.65. The van der Waals surface area contributed by atoms with E-state index in [2.05, 4.69) is 5.32 Å². The second-order valence-electron chi connectivity index (χ2n) is 3.26. The predicted octanol–water partition coefficient (Wildman–Crippen LogP) is 2.40. The number of anilines is 1. The summed E-state index contributed by atoms with van der Waals surface area (Å²) in [5.41, 5.74) is -1.10. The van der Waals surface area contributed by atoms with E-state index >= 15 is 0 Å². The molecule has 1 N–H and O–H groups in total. The molecule has 0 saturated carbocycles. The van der Waals surface area contributed by atoms with Gasteiger partial charge < -0.3 is 9.73 Å². The molecule has 6 nitrogen and oxygen atoms in total. The highest BCUT2D eigenvalue weighted by Gasteiger charge is 2.23. The van der Waals surface area contributed by atoms with Crippen molar-refractivity contribution in [3.63, 3.8) is 0 Å². The van der Waals surface area contributed by atoms with Crippen LogP contribution in [0.3, 0.4) is 0 Å². The van der Waals surface area contributed by atoms with Gasteiger partial charge in [0.2, 0.25) is 0 Å². The van der Waals surface area contributed by atoms with Crippen LogP contribution in [0, 0.1) is 10.1 Å². The third-order valence-electron chi connectivity index (χ3n) is 2.24. The van der Waals surface area contributed by atoms with E-state index < -0.39 is 16.0 Å². The Labute approximate surface area is 100.0 Å². The topological polar surface area (TPSA) is 85.4 Å².